The molecule has 1 amide bonds. The molecule has 2 rings (SSSR count). The van der Waals surface area contributed by atoms with Crippen LogP contribution >= 0.6 is 0 Å². The number of benzene rings is 1. The van der Waals surface area contributed by atoms with Crippen molar-refractivity contribution < 1.29 is 13.9 Å². The highest BCUT2D eigenvalue weighted by atomic mass is 16.5. The van der Waals surface area contributed by atoms with Gasteiger partial charge in [-0.2, -0.15) is 0 Å². The topological polar surface area (TPSA) is 80.7 Å². The van der Waals surface area contributed by atoms with E-state index in [0.717, 1.165) is 11.9 Å². The molecule has 0 bridgehead atoms. The number of ether oxygens (including phenoxy) is 1. The van der Waals surface area contributed by atoms with Gasteiger partial charge in [-0.15, -0.1) is 0 Å². The van der Waals surface area contributed by atoms with E-state index in [1.807, 2.05) is 19.0 Å². The number of furan rings is 1. The Morgan fingerprint density at radius 3 is 2.90 bits per heavy atom. The van der Waals surface area contributed by atoms with Crippen molar-refractivity contribution in [2.45, 2.75) is 0 Å². The average Bonchev–Trinajstić information content (AvgIpc) is 2.85. The monoisotopic (exact) mass is 291 g/mol. The van der Waals surface area contributed by atoms with Crippen molar-refractivity contribution in [1.82, 2.24) is 10.2 Å². The van der Waals surface area contributed by atoms with Crippen LogP contribution in [-0.2, 0) is 4.74 Å². The van der Waals surface area contributed by atoms with Crippen molar-refractivity contribution in [1.29, 1.82) is 0 Å². The zero-order valence-electron chi connectivity index (χ0n) is 12.4. The fraction of sp³-hybridized carbons (Fsp3) is 0.400. The maximum atomic E-state index is 11.9. The third-order valence-corrected chi connectivity index (χ3v) is 2.98. The number of rotatable bonds is 7. The van der Waals surface area contributed by atoms with E-state index in [1.54, 1.807) is 24.3 Å². The van der Waals surface area contributed by atoms with Crippen LogP contribution in [0, 0.1) is 0 Å². The molecule has 1 heterocycles. The van der Waals surface area contributed by atoms with E-state index in [4.69, 9.17) is 14.9 Å². The van der Waals surface area contributed by atoms with Crippen molar-refractivity contribution in [2.24, 2.45) is 0 Å². The van der Waals surface area contributed by atoms with Crippen molar-refractivity contribution in [2.75, 3.05) is 46.1 Å². The van der Waals surface area contributed by atoms with Gasteiger partial charge in [0.2, 0.25) is 0 Å². The number of amides is 1. The van der Waals surface area contributed by atoms with E-state index in [1.165, 1.54) is 0 Å². The molecule has 3 N–H and O–H groups in total. The number of carbonyl (C=O) groups excluding carboxylic acids is 1. The Kier molecular flexibility index (Phi) is 5.19. The first-order valence-corrected chi connectivity index (χ1v) is 6.86. The molecule has 1 aromatic heterocycles. The molecule has 6 heteroatoms. The first-order chi connectivity index (χ1) is 10.1. The van der Waals surface area contributed by atoms with Crippen LogP contribution in [0.3, 0.4) is 0 Å². The molecule has 0 radical (unpaired) electrons. The van der Waals surface area contributed by atoms with E-state index >= 15 is 0 Å². The normalized spacial score (nSPS) is 11.2. The Labute approximate surface area is 123 Å². The van der Waals surface area contributed by atoms with Gasteiger partial charge in [-0.3, -0.25) is 4.79 Å². The van der Waals surface area contributed by atoms with Crippen LogP contribution in [-0.4, -0.2) is 51.2 Å². The lowest BCUT2D eigenvalue weighted by atomic mass is 10.2. The smallest absolute Gasteiger partial charge is 0.287 e. The van der Waals surface area contributed by atoms with Crippen LogP contribution in [0.25, 0.3) is 11.0 Å². The van der Waals surface area contributed by atoms with Gasteiger partial charge in [0.05, 0.1) is 13.2 Å². The number of nitrogens with one attached hydrogen (secondary N) is 1. The summed E-state index contributed by atoms with van der Waals surface area (Å²) >= 11 is 0. The van der Waals surface area contributed by atoms with Crippen LogP contribution in [0.5, 0.6) is 0 Å². The second-order valence-corrected chi connectivity index (χ2v) is 5.08. The molecule has 0 saturated carbocycles. The molecule has 114 valence electrons. The molecule has 0 aliphatic heterocycles. The number of fused-ring (bicyclic) bond motifs is 1. The van der Waals surface area contributed by atoms with Crippen LogP contribution in [0.2, 0.25) is 0 Å². The lowest BCUT2D eigenvalue weighted by Gasteiger charge is -2.09. The summed E-state index contributed by atoms with van der Waals surface area (Å²) in [7, 11) is 3.97. The summed E-state index contributed by atoms with van der Waals surface area (Å²) in [6.07, 6.45) is 0. The fourth-order valence-electron chi connectivity index (χ4n) is 1.85. The van der Waals surface area contributed by atoms with Crippen molar-refractivity contribution >= 4 is 22.6 Å². The fourth-order valence-corrected chi connectivity index (χ4v) is 1.85. The molecular formula is C15H21N3O3. The number of nitrogens with two attached hydrogens (primary N) is 1. The summed E-state index contributed by atoms with van der Waals surface area (Å²) in [5.74, 6) is 0.0323. The van der Waals surface area contributed by atoms with Crippen molar-refractivity contribution in [3.63, 3.8) is 0 Å². The number of hydrogen-bond acceptors (Lipinski definition) is 5. The summed E-state index contributed by atoms with van der Waals surface area (Å²) in [5.41, 5.74) is 6.99. The average molecular weight is 291 g/mol. The molecule has 0 fully saturated rings. The van der Waals surface area contributed by atoms with Gasteiger partial charge < -0.3 is 25.1 Å². The van der Waals surface area contributed by atoms with Gasteiger partial charge in [-0.1, -0.05) is 0 Å². The van der Waals surface area contributed by atoms with E-state index in [9.17, 15) is 4.79 Å². The third kappa shape index (κ3) is 4.47. The van der Waals surface area contributed by atoms with Gasteiger partial charge in [0.25, 0.3) is 5.91 Å². The van der Waals surface area contributed by atoms with Crippen LogP contribution < -0.4 is 11.1 Å². The largest absolute Gasteiger partial charge is 0.451 e. The number of nitrogens with zero attached hydrogens (tertiary/aromatic N) is 1. The minimum atomic E-state index is -0.249. The molecule has 0 aliphatic rings. The minimum Gasteiger partial charge on any atom is -0.451 e. The molecule has 6 nitrogen and oxygen atoms in total. The van der Waals surface area contributed by atoms with Gasteiger partial charge in [0.15, 0.2) is 5.76 Å². The Hall–Kier alpha value is -2.05. The van der Waals surface area contributed by atoms with Gasteiger partial charge in [0.1, 0.15) is 5.58 Å². The van der Waals surface area contributed by atoms with Gasteiger partial charge >= 0.3 is 0 Å². The standard InChI is InChI=1S/C15H21N3O3/c1-18(2)6-8-20-7-5-17-15(19)14-10-11-9-12(16)3-4-13(11)21-14/h3-4,9-10H,5-8,16H2,1-2H3,(H,17,19). The van der Waals surface area contributed by atoms with Crippen molar-refractivity contribution in [3.8, 4) is 0 Å². The van der Waals surface area contributed by atoms with Gasteiger partial charge in [-0.05, 0) is 38.4 Å². The summed E-state index contributed by atoms with van der Waals surface area (Å²) in [4.78, 5) is 14.0. The Balaban J connectivity index is 1.79. The zero-order chi connectivity index (χ0) is 15.2. The highest BCUT2D eigenvalue weighted by Gasteiger charge is 2.11. The number of hydrogen-bond donors (Lipinski definition) is 2. The maximum Gasteiger partial charge on any atom is 0.287 e. The predicted molar refractivity (Wildman–Crippen MR) is 82.3 cm³/mol. The van der Waals surface area contributed by atoms with Gasteiger partial charge in [0, 0.05) is 24.2 Å². The molecule has 0 spiro atoms. The van der Waals surface area contributed by atoms with Crippen LogP contribution in [0.15, 0.2) is 28.7 Å². The van der Waals surface area contributed by atoms with E-state index in [0.29, 0.717) is 31.0 Å². The Bertz CT molecular complexity index is 607. The number of anilines is 1. The lowest BCUT2D eigenvalue weighted by Crippen LogP contribution is -2.28. The van der Waals surface area contributed by atoms with Crippen molar-refractivity contribution in [3.05, 3.63) is 30.0 Å². The van der Waals surface area contributed by atoms with E-state index < -0.39 is 0 Å². The van der Waals surface area contributed by atoms with Crippen LogP contribution in [0.1, 0.15) is 10.6 Å². The Morgan fingerprint density at radius 1 is 1.33 bits per heavy atom. The van der Waals surface area contributed by atoms with Crippen LogP contribution in [0.4, 0.5) is 5.69 Å². The lowest BCUT2D eigenvalue weighted by molar-refractivity contribution is 0.0877. The van der Waals surface area contributed by atoms with Gasteiger partial charge in [-0.25, -0.2) is 0 Å². The first-order valence-electron chi connectivity index (χ1n) is 6.86. The molecule has 1 aromatic carbocycles. The number of likely N-dealkylation sites (N-methyl/N-ethyl adjacent to an activating group) is 1. The molecule has 0 saturated heterocycles. The second-order valence-electron chi connectivity index (χ2n) is 5.08. The quantitative estimate of drug-likeness (QED) is 0.594. The maximum absolute atomic E-state index is 11.9. The first kappa shape index (κ1) is 15.3. The summed E-state index contributed by atoms with van der Waals surface area (Å²) < 4.78 is 10.9. The third-order valence-electron chi connectivity index (χ3n) is 2.98. The highest BCUT2D eigenvalue weighted by molar-refractivity contribution is 5.96. The summed E-state index contributed by atoms with van der Waals surface area (Å²) in [6.45, 7) is 2.43. The SMILES string of the molecule is CN(C)CCOCCNC(=O)c1cc2cc(N)ccc2o1. The number of carbonyl (C=O) groups is 1. The van der Waals surface area contributed by atoms with E-state index in [2.05, 4.69) is 5.32 Å². The zero-order valence-corrected chi connectivity index (χ0v) is 12.4. The molecule has 21 heavy (non-hydrogen) atoms. The highest BCUT2D eigenvalue weighted by Crippen LogP contribution is 2.21. The molecule has 0 aliphatic carbocycles. The Morgan fingerprint density at radius 2 is 2.14 bits per heavy atom. The predicted octanol–water partition coefficient (Wildman–Crippen LogP) is 1.32. The molecular weight excluding hydrogens is 270 g/mol. The molecule has 0 unspecified atom stereocenters. The molecule has 0 atom stereocenters. The number of nitrogen functional groups attached to an aromatic ring is 1. The van der Waals surface area contributed by atoms with E-state index in [-0.39, 0.29) is 11.7 Å². The summed E-state index contributed by atoms with van der Waals surface area (Å²) in [6, 6.07) is 6.96. The summed E-state index contributed by atoms with van der Waals surface area (Å²) in [5, 5.41) is 3.58. The minimum absolute atomic E-state index is 0.249. The molecule has 2 aromatic rings. The second kappa shape index (κ2) is 7.10.